The molecule has 2 heterocycles. The molecule has 0 radical (unpaired) electrons. The maximum atomic E-state index is 10.8. The fraction of sp³-hybridized carbons (Fsp3) is 0.632. The Bertz CT molecular complexity index is 768. The maximum absolute atomic E-state index is 10.8. The smallest absolute Gasteiger partial charge is 0.139 e. The standard InChI is InChI=1S/C19H25N3O2/c1-10(23)15-9-21-18-14(2-3-20-18)17(15)22-16-12-4-11-5-13(16)8-19(24,6-11)7-12/h2-3,9-13,16,23-24H,4-8H2,1H3,(H2,20,21,22)/t10?,11?,12?,13?,16-,19+. The summed E-state index contributed by atoms with van der Waals surface area (Å²) in [4.78, 5) is 7.58. The molecule has 0 aliphatic heterocycles. The van der Waals surface area contributed by atoms with Crippen LogP contribution in [0.2, 0.25) is 0 Å². The van der Waals surface area contributed by atoms with Crippen LogP contribution in [0.4, 0.5) is 5.69 Å². The van der Waals surface area contributed by atoms with Gasteiger partial charge in [0.25, 0.3) is 0 Å². The van der Waals surface area contributed by atoms with Crippen molar-refractivity contribution in [3.05, 3.63) is 24.0 Å². The molecular weight excluding hydrogens is 302 g/mol. The van der Waals surface area contributed by atoms with E-state index in [2.05, 4.69) is 15.3 Å². The van der Waals surface area contributed by atoms with Crippen molar-refractivity contribution in [1.29, 1.82) is 0 Å². The number of hydrogen-bond donors (Lipinski definition) is 4. The highest BCUT2D eigenvalue weighted by Crippen LogP contribution is 2.56. The lowest BCUT2D eigenvalue weighted by atomic mass is 9.52. The van der Waals surface area contributed by atoms with Gasteiger partial charge in [0.15, 0.2) is 0 Å². The third-order valence-corrected chi connectivity index (χ3v) is 6.62. The molecule has 6 rings (SSSR count). The average Bonchev–Trinajstić information content (AvgIpc) is 2.97. The second-order valence-electron chi connectivity index (χ2n) is 8.37. The molecule has 2 aromatic rings. The molecule has 4 aliphatic carbocycles. The Labute approximate surface area is 141 Å². The SMILES string of the molecule is CC(O)c1cnc2[nH]ccc2c1N[C@H]1C2CC3CC1C[C@@](O)(C3)C2. The topological polar surface area (TPSA) is 81.2 Å². The van der Waals surface area contributed by atoms with Crippen LogP contribution in [0, 0.1) is 17.8 Å². The van der Waals surface area contributed by atoms with Crippen LogP contribution in [0.15, 0.2) is 18.5 Å². The molecule has 4 fully saturated rings. The normalized spacial score (nSPS) is 38.6. The molecule has 5 heteroatoms. The predicted octanol–water partition coefficient (Wildman–Crippen LogP) is 2.97. The quantitative estimate of drug-likeness (QED) is 0.699. The number of nitrogens with zero attached hydrogens (tertiary/aromatic N) is 1. The molecule has 5 nitrogen and oxygen atoms in total. The Balaban J connectivity index is 1.53. The Kier molecular flexibility index (Phi) is 3.04. The predicted molar refractivity (Wildman–Crippen MR) is 92.6 cm³/mol. The molecule has 3 atom stereocenters. The minimum absolute atomic E-state index is 0.389. The van der Waals surface area contributed by atoms with E-state index < -0.39 is 11.7 Å². The highest BCUT2D eigenvalue weighted by Gasteiger charge is 2.54. The van der Waals surface area contributed by atoms with Gasteiger partial charge in [0.05, 0.1) is 17.4 Å². The van der Waals surface area contributed by atoms with Gasteiger partial charge in [0.1, 0.15) is 5.65 Å². The van der Waals surface area contributed by atoms with E-state index in [0.717, 1.165) is 41.5 Å². The number of H-pyrrole nitrogens is 1. The molecule has 0 amide bonds. The molecular formula is C19H25N3O2. The summed E-state index contributed by atoms with van der Waals surface area (Å²) in [5.74, 6) is 1.77. The van der Waals surface area contributed by atoms with Crippen LogP contribution in [0.3, 0.4) is 0 Å². The number of aliphatic hydroxyl groups is 2. The zero-order chi connectivity index (χ0) is 16.5. The molecule has 4 N–H and O–H groups in total. The third kappa shape index (κ3) is 2.11. The van der Waals surface area contributed by atoms with Crippen LogP contribution >= 0.6 is 0 Å². The first-order chi connectivity index (χ1) is 11.5. The molecule has 0 spiro atoms. The maximum Gasteiger partial charge on any atom is 0.139 e. The van der Waals surface area contributed by atoms with Gasteiger partial charge in [-0.05, 0) is 62.8 Å². The van der Waals surface area contributed by atoms with E-state index in [-0.39, 0.29) is 0 Å². The van der Waals surface area contributed by atoms with E-state index in [1.54, 1.807) is 13.1 Å². The Hall–Kier alpha value is -1.59. The molecule has 0 saturated heterocycles. The van der Waals surface area contributed by atoms with Crippen LogP contribution in [-0.2, 0) is 0 Å². The van der Waals surface area contributed by atoms with E-state index in [9.17, 15) is 10.2 Å². The van der Waals surface area contributed by atoms with E-state index in [1.807, 2.05) is 12.3 Å². The lowest BCUT2D eigenvalue weighted by Crippen LogP contribution is -2.59. The van der Waals surface area contributed by atoms with Crippen molar-refractivity contribution in [3.8, 4) is 0 Å². The number of hydrogen-bond acceptors (Lipinski definition) is 4. The fourth-order valence-corrected chi connectivity index (χ4v) is 5.88. The summed E-state index contributed by atoms with van der Waals surface area (Å²) in [6.07, 6.45) is 8.41. The molecule has 4 bridgehead atoms. The summed E-state index contributed by atoms with van der Waals surface area (Å²) in [7, 11) is 0. The Morgan fingerprint density at radius 1 is 1.29 bits per heavy atom. The lowest BCUT2D eigenvalue weighted by molar-refractivity contribution is -0.129. The number of nitrogens with one attached hydrogen (secondary N) is 2. The van der Waals surface area contributed by atoms with Crippen molar-refractivity contribution in [2.24, 2.45) is 17.8 Å². The summed E-state index contributed by atoms with van der Waals surface area (Å²) in [5.41, 5.74) is 2.31. The molecule has 4 saturated carbocycles. The monoisotopic (exact) mass is 327 g/mol. The number of aromatic amines is 1. The van der Waals surface area contributed by atoms with Crippen molar-refractivity contribution in [1.82, 2.24) is 9.97 Å². The van der Waals surface area contributed by atoms with E-state index in [1.165, 1.54) is 12.8 Å². The van der Waals surface area contributed by atoms with Crippen LogP contribution in [0.5, 0.6) is 0 Å². The van der Waals surface area contributed by atoms with Crippen molar-refractivity contribution in [2.75, 3.05) is 5.32 Å². The van der Waals surface area contributed by atoms with Gasteiger partial charge in [-0.15, -0.1) is 0 Å². The Morgan fingerprint density at radius 2 is 2.04 bits per heavy atom. The van der Waals surface area contributed by atoms with Crippen LogP contribution < -0.4 is 5.32 Å². The van der Waals surface area contributed by atoms with E-state index in [0.29, 0.717) is 23.8 Å². The molecule has 128 valence electrons. The number of aliphatic hydroxyl groups excluding tert-OH is 1. The lowest BCUT2D eigenvalue weighted by Gasteiger charge is -2.58. The first kappa shape index (κ1) is 14.7. The highest BCUT2D eigenvalue weighted by atomic mass is 16.3. The first-order valence-corrected chi connectivity index (χ1v) is 9.15. The van der Waals surface area contributed by atoms with Gasteiger partial charge in [-0.1, -0.05) is 0 Å². The number of aromatic nitrogens is 2. The molecule has 2 aromatic heterocycles. The fourth-order valence-electron chi connectivity index (χ4n) is 5.88. The second-order valence-corrected chi connectivity index (χ2v) is 8.37. The molecule has 4 aliphatic rings. The summed E-state index contributed by atoms with van der Waals surface area (Å²) in [5, 5.41) is 25.8. The summed E-state index contributed by atoms with van der Waals surface area (Å²) < 4.78 is 0. The first-order valence-electron chi connectivity index (χ1n) is 9.15. The van der Waals surface area contributed by atoms with Crippen molar-refractivity contribution in [3.63, 3.8) is 0 Å². The van der Waals surface area contributed by atoms with E-state index >= 15 is 0 Å². The minimum atomic E-state index is -0.555. The van der Waals surface area contributed by atoms with Gasteiger partial charge in [0.2, 0.25) is 0 Å². The van der Waals surface area contributed by atoms with Gasteiger partial charge in [-0.3, -0.25) is 0 Å². The van der Waals surface area contributed by atoms with Gasteiger partial charge in [0, 0.05) is 29.4 Å². The number of anilines is 1. The second kappa shape index (κ2) is 4.96. The van der Waals surface area contributed by atoms with E-state index in [4.69, 9.17) is 0 Å². The van der Waals surface area contributed by atoms with Crippen molar-refractivity contribution >= 4 is 16.7 Å². The van der Waals surface area contributed by atoms with Crippen LogP contribution in [0.1, 0.15) is 50.7 Å². The highest BCUT2D eigenvalue weighted by molar-refractivity contribution is 5.91. The zero-order valence-corrected chi connectivity index (χ0v) is 14.0. The van der Waals surface area contributed by atoms with Crippen LogP contribution in [0.25, 0.3) is 11.0 Å². The summed E-state index contributed by atoms with van der Waals surface area (Å²) >= 11 is 0. The van der Waals surface area contributed by atoms with Crippen molar-refractivity contribution < 1.29 is 10.2 Å². The summed E-state index contributed by atoms with van der Waals surface area (Å²) in [6, 6.07) is 2.42. The number of rotatable bonds is 3. The number of fused-ring (bicyclic) bond motifs is 1. The zero-order valence-electron chi connectivity index (χ0n) is 14.0. The largest absolute Gasteiger partial charge is 0.390 e. The third-order valence-electron chi connectivity index (χ3n) is 6.62. The minimum Gasteiger partial charge on any atom is -0.390 e. The molecule has 3 unspecified atom stereocenters. The molecule has 0 aromatic carbocycles. The van der Waals surface area contributed by atoms with Crippen LogP contribution in [-0.4, -0.2) is 31.8 Å². The Morgan fingerprint density at radius 3 is 2.71 bits per heavy atom. The van der Waals surface area contributed by atoms with Gasteiger partial charge in [-0.2, -0.15) is 0 Å². The number of pyridine rings is 1. The summed E-state index contributed by atoms with van der Waals surface area (Å²) in [6.45, 7) is 1.79. The van der Waals surface area contributed by atoms with Gasteiger partial charge < -0.3 is 20.5 Å². The molecule has 24 heavy (non-hydrogen) atoms. The van der Waals surface area contributed by atoms with Gasteiger partial charge >= 0.3 is 0 Å². The van der Waals surface area contributed by atoms with Gasteiger partial charge in [-0.25, -0.2) is 4.98 Å². The average molecular weight is 327 g/mol. The van der Waals surface area contributed by atoms with Crippen molar-refractivity contribution in [2.45, 2.75) is 56.8 Å².